The van der Waals surface area contributed by atoms with Crippen LogP contribution in [0.3, 0.4) is 0 Å². The van der Waals surface area contributed by atoms with Crippen LogP contribution in [-0.4, -0.2) is 38.3 Å². The molecule has 0 aromatic heterocycles. The Hall–Kier alpha value is -1.92. The average Bonchev–Trinajstić information content (AvgIpc) is 2.81. The molecule has 0 saturated heterocycles. The van der Waals surface area contributed by atoms with E-state index in [1.807, 2.05) is 26.0 Å². The lowest BCUT2D eigenvalue weighted by atomic mass is 9.51. The third-order valence-corrected chi connectivity index (χ3v) is 7.60. The molecule has 6 heteroatoms. The highest BCUT2D eigenvalue weighted by atomic mass is 19.1. The normalized spacial score (nSPS) is 26.0. The first-order chi connectivity index (χ1) is 14.8. The van der Waals surface area contributed by atoms with Crippen molar-refractivity contribution in [3.05, 3.63) is 41.7 Å². The zero-order chi connectivity index (χ0) is 22.5. The molecule has 172 valence electrons. The SMILES string of the molecule is COC(C)(C)CCNC(=O)C12CCC(c3ccc(OCC(=CF)CN)cc3)(CC1)CC2. The summed E-state index contributed by atoms with van der Waals surface area (Å²) in [5.41, 5.74) is 6.94. The molecule has 0 aliphatic heterocycles. The van der Waals surface area contributed by atoms with Crippen LogP contribution in [0.5, 0.6) is 5.75 Å². The maximum Gasteiger partial charge on any atom is 0.226 e. The first-order valence-electron chi connectivity index (χ1n) is 11.3. The van der Waals surface area contributed by atoms with E-state index < -0.39 is 0 Å². The van der Waals surface area contributed by atoms with Crippen molar-refractivity contribution in [2.75, 3.05) is 26.8 Å². The largest absolute Gasteiger partial charge is 0.489 e. The number of ether oxygens (including phenoxy) is 2. The van der Waals surface area contributed by atoms with Crippen LogP contribution in [0, 0.1) is 5.41 Å². The summed E-state index contributed by atoms with van der Waals surface area (Å²) in [5, 5.41) is 3.18. The number of hydrogen-bond acceptors (Lipinski definition) is 4. The number of methoxy groups -OCH3 is 1. The van der Waals surface area contributed by atoms with Gasteiger partial charge < -0.3 is 20.5 Å². The Balaban J connectivity index is 1.56. The molecule has 1 aromatic carbocycles. The Kier molecular flexibility index (Phi) is 7.43. The summed E-state index contributed by atoms with van der Waals surface area (Å²) in [6, 6.07) is 8.16. The summed E-state index contributed by atoms with van der Waals surface area (Å²) in [7, 11) is 1.71. The van der Waals surface area contributed by atoms with Crippen molar-refractivity contribution in [3.8, 4) is 5.75 Å². The fourth-order valence-corrected chi connectivity index (χ4v) is 4.94. The van der Waals surface area contributed by atoms with E-state index in [0.717, 1.165) is 44.9 Å². The molecular formula is C25H37FN2O3. The van der Waals surface area contributed by atoms with Gasteiger partial charge in [-0.25, -0.2) is 4.39 Å². The molecule has 0 radical (unpaired) electrons. The van der Waals surface area contributed by atoms with Gasteiger partial charge in [0.25, 0.3) is 0 Å². The molecule has 3 aliphatic carbocycles. The highest BCUT2D eigenvalue weighted by Crippen LogP contribution is 2.57. The zero-order valence-corrected chi connectivity index (χ0v) is 19.1. The van der Waals surface area contributed by atoms with Gasteiger partial charge in [-0.2, -0.15) is 0 Å². The summed E-state index contributed by atoms with van der Waals surface area (Å²) in [6.45, 7) is 5.04. The Morgan fingerprint density at radius 3 is 2.29 bits per heavy atom. The molecule has 3 N–H and O–H groups in total. The quantitative estimate of drug-likeness (QED) is 0.575. The van der Waals surface area contributed by atoms with Gasteiger partial charge in [-0.05, 0) is 81.9 Å². The summed E-state index contributed by atoms with van der Waals surface area (Å²) < 4.78 is 23.7. The van der Waals surface area contributed by atoms with E-state index in [0.29, 0.717) is 24.2 Å². The number of amides is 1. The van der Waals surface area contributed by atoms with Gasteiger partial charge >= 0.3 is 0 Å². The minimum Gasteiger partial charge on any atom is -0.489 e. The van der Waals surface area contributed by atoms with Crippen molar-refractivity contribution in [3.63, 3.8) is 0 Å². The van der Waals surface area contributed by atoms with Crippen LogP contribution in [0.25, 0.3) is 0 Å². The third-order valence-electron chi connectivity index (χ3n) is 7.60. The van der Waals surface area contributed by atoms with Crippen LogP contribution in [0.4, 0.5) is 4.39 Å². The van der Waals surface area contributed by atoms with Gasteiger partial charge in [0.1, 0.15) is 12.4 Å². The molecule has 1 amide bonds. The molecule has 3 saturated carbocycles. The van der Waals surface area contributed by atoms with E-state index in [4.69, 9.17) is 15.2 Å². The van der Waals surface area contributed by atoms with E-state index in [2.05, 4.69) is 17.4 Å². The number of benzene rings is 1. The predicted octanol–water partition coefficient (Wildman–Crippen LogP) is 4.40. The lowest BCUT2D eigenvalue weighted by Crippen LogP contribution is -2.52. The standard InChI is InChI=1S/C25H37FN2O3/c1-23(2,30-3)14-15-28-22(29)25-11-8-24(9-12-25,10-13-25)20-4-6-21(7-5-20)31-18-19(16-26)17-27/h4-7,16H,8-15,17-18,27H2,1-3H3,(H,28,29). The molecule has 5 nitrogen and oxygen atoms in total. The lowest BCUT2D eigenvalue weighted by molar-refractivity contribution is -0.138. The second-order valence-corrected chi connectivity index (χ2v) is 9.81. The fourth-order valence-electron chi connectivity index (χ4n) is 4.94. The second-order valence-electron chi connectivity index (χ2n) is 9.81. The highest BCUT2D eigenvalue weighted by Gasteiger charge is 2.52. The summed E-state index contributed by atoms with van der Waals surface area (Å²) in [5.74, 6) is 0.931. The van der Waals surface area contributed by atoms with Crippen molar-refractivity contribution in [2.24, 2.45) is 11.1 Å². The van der Waals surface area contributed by atoms with E-state index in [1.165, 1.54) is 5.56 Å². The monoisotopic (exact) mass is 432 g/mol. The maximum absolute atomic E-state index is 13.0. The number of fused-ring (bicyclic) bond motifs is 3. The highest BCUT2D eigenvalue weighted by molar-refractivity contribution is 5.83. The van der Waals surface area contributed by atoms with E-state index in [9.17, 15) is 9.18 Å². The van der Waals surface area contributed by atoms with Crippen molar-refractivity contribution in [2.45, 2.75) is 69.8 Å². The van der Waals surface area contributed by atoms with Crippen LogP contribution >= 0.6 is 0 Å². The van der Waals surface area contributed by atoms with Crippen LogP contribution < -0.4 is 15.8 Å². The Labute approximate surface area is 185 Å². The molecule has 1 aromatic rings. The molecule has 0 atom stereocenters. The average molecular weight is 433 g/mol. The van der Waals surface area contributed by atoms with E-state index in [1.54, 1.807) is 7.11 Å². The van der Waals surface area contributed by atoms with Crippen molar-refractivity contribution < 1.29 is 18.7 Å². The number of carbonyl (C=O) groups is 1. The molecule has 2 bridgehead atoms. The number of rotatable bonds is 10. The van der Waals surface area contributed by atoms with Gasteiger partial charge in [0, 0.05) is 31.2 Å². The third kappa shape index (κ3) is 5.29. The Morgan fingerprint density at radius 1 is 1.16 bits per heavy atom. The van der Waals surface area contributed by atoms with Gasteiger partial charge in [0.2, 0.25) is 5.91 Å². The Bertz CT molecular complexity index is 764. The van der Waals surface area contributed by atoms with Crippen molar-refractivity contribution >= 4 is 5.91 Å². The van der Waals surface area contributed by atoms with Crippen molar-refractivity contribution in [1.82, 2.24) is 5.32 Å². The number of halogens is 1. The second kappa shape index (κ2) is 9.70. The molecule has 3 fully saturated rings. The van der Waals surface area contributed by atoms with E-state index >= 15 is 0 Å². The Morgan fingerprint density at radius 2 is 1.77 bits per heavy atom. The van der Waals surface area contributed by atoms with Crippen LogP contribution in [0.15, 0.2) is 36.2 Å². The van der Waals surface area contributed by atoms with Gasteiger partial charge in [0.05, 0.1) is 11.9 Å². The molecule has 3 aliphatic rings. The van der Waals surface area contributed by atoms with Gasteiger partial charge in [0.15, 0.2) is 0 Å². The summed E-state index contributed by atoms with van der Waals surface area (Å²) >= 11 is 0. The van der Waals surface area contributed by atoms with Crippen LogP contribution in [0.1, 0.15) is 64.4 Å². The molecule has 31 heavy (non-hydrogen) atoms. The zero-order valence-electron chi connectivity index (χ0n) is 19.1. The minimum atomic E-state index is -0.219. The number of nitrogens with one attached hydrogen (secondary N) is 1. The maximum atomic E-state index is 13.0. The van der Waals surface area contributed by atoms with Crippen LogP contribution in [0.2, 0.25) is 0 Å². The molecular weight excluding hydrogens is 395 g/mol. The van der Waals surface area contributed by atoms with Crippen molar-refractivity contribution in [1.29, 1.82) is 0 Å². The summed E-state index contributed by atoms with van der Waals surface area (Å²) in [6.07, 6.45) is 7.23. The van der Waals surface area contributed by atoms with Gasteiger partial charge in [-0.3, -0.25) is 4.79 Å². The first kappa shape index (κ1) is 23.7. The van der Waals surface area contributed by atoms with Crippen LogP contribution in [-0.2, 0) is 14.9 Å². The predicted molar refractivity (Wildman–Crippen MR) is 121 cm³/mol. The molecule has 0 heterocycles. The van der Waals surface area contributed by atoms with E-state index in [-0.39, 0.29) is 35.5 Å². The minimum absolute atomic E-state index is 0.150. The smallest absolute Gasteiger partial charge is 0.226 e. The fraction of sp³-hybridized carbons (Fsp3) is 0.640. The lowest BCUT2D eigenvalue weighted by Gasteiger charge is -2.52. The molecule has 0 spiro atoms. The number of carbonyl (C=O) groups excluding carboxylic acids is 1. The van der Waals surface area contributed by atoms with Gasteiger partial charge in [-0.1, -0.05) is 12.1 Å². The molecule has 0 unspecified atom stereocenters. The summed E-state index contributed by atoms with van der Waals surface area (Å²) in [4.78, 5) is 13.0. The number of hydrogen-bond donors (Lipinski definition) is 2. The molecule has 4 rings (SSSR count). The van der Waals surface area contributed by atoms with Gasteiger partial charge in [-0.15, -0.1) is 0 Å². The number of nitrogens with two attached hydrogens (primary N) is 1. The topological polar surface area (TPSA) is 73.6 Å². The first-order valence-corrected chi connectivity index (χ1v) is 11.3.